The summed E-state index contributed by atoms with van der Waals surface area (Å²) in [6.45, 7) is 2.68. The average Bonchev–Trinajstić information content (AvgIpc) is 3.08. The van der Waals surface area contributed by atoms with Crippen LogP contribution >= 0.6 is 0 Å². The summed E-state index contributed by atoms with van der Waals surface area (Å²) in [6, 6.07) is 2.32. The molecule has 0 aliphatic carbocycles. The number of aryl methyl sites for hydroxylation is 1. The number of H-pyrrole nitrogens is 1. The van der Waals surface area contributed by atoms with Crippen molar-refractivity contribution in [3.63, 3.8) is 0 Å². The zero-order valence-electron chi connectivity index (χ0n) is 14.7. The summed E-state index contributed by atoms with van der Waals surface area (Å²) in [7, 11) is 0. The highest BCUT2D eigenvalue weighted by Gasteiger charge is 2.28. The maximum Gasteiger partial charge on any atom is 0.321 e. The standard InChI is InChI=1S/C17H19FN6O3/c1-9-19-16(23-22-9)10-3-2-4-24(7-10)17(26)20-11-5-12(18)15-13(6-11)21-14(25)8-27-15/h5-6,10H,2-4,7-8H2,1H3,(H,20,26)(H,21,25)(H,19,22,23)/t10-/m1/s1. The number of ether oxygens (including phenoxy) is 1. The molecule has 1 saturated heterocycles. The van der Waals surface area contributed by atoms with Gasteiger partial charge in [-0.05, 0) is 25.8 Å². The van der Waals surface area contributed by atoms with E-state index in [1.807, 2.05) is 6.92 Å². The fraction of sp³-hybridized carbons (Fsp3) is 0.412. The Hall–Kier alpha value is -3.17. The highest BCUT2D eigenvalue weighted by molar-refractivity contribution is 5.97. The van der Waals surface area contributed by atoms with E-state index >= 15 is 0 Å². The van der Waals surface area contributed by atoms with E-state index in [0.717, 1.165) is 18.7 Å². The van der Waals surface area contributed by atoms with Crippen molar-refractivity contribution in [2.75, 3.05) is 30.3 Å². The molecule has 142 valence electrons. The highest BCUT2D eigenvalue weighted by atomic mass is 19.1. The van der Waals surface area contributed by atoms with Crippen molar-refractivity contribution < 1.29 is 18.7 Å². The van der Waals surface area contributed by atoms with Gasteiger partial charge in [-0.3, -0.25) is 9.89 Å². The number of carbonyl (C=O) groups is 2. The lowest BCUT2D eigenvalue weighted by Crippen LogP contribution is -2.41. The lowest BCUT2D eigenvalue weighted by atomic mass is 9.98. The number of carbonyl (C=O) groups excluding carboxylic acids is 2. The summed E-state index contributed by atoms with van der Waals surface area (Å²) in [5, 5.41) is 12.2. The molecular formula is C17H19FN6O3. The number of hydrogen-bond acceptors (Lipinski definition) is 5. The zero-order chi connectivity index (χ0) is 19.0. The second-order valence-corrected chi connectivity index (χ2v) is 6.67. The predicted octanol–water partition coefficient (Wildman–Crippen LogP) is 1.99. The molecule has 0 radical (unpaired) electrons. The third kappa shape index (κ3) is 3.55. The number of benzene rings is 1. The molecule has 4 rings (SSSR count). The number of nitrogens with one attached hydrogen (secondary N) is 3. The van der Waals surface area contributed by atoms with E-state index in [4.69, 9.17) is 4.74 Å². The van der Waals surface area contributed by atoms with Crippen LogP contribution in [0, 0.1) is 12.7 Å². The molecule has 0 bridgehead atoms. The fourth-order valence-corrected chi connectivity index (χ4v) is 3.35. The van der Waals surface area contributed by atoms with Gasteiger partial charge in [-0.25, -0.2) is 14.2 Å². The number of nitrogens with zero attached hydrogens (tertiary/aromatic N) is 3. The van der Waals surface area contributed by atoms with Crippen LogP contribution in [0.4, 0.5) is 20.6 Å². The van der Waals surface area contributed by atoms with Gasteiger partial charge in [0.1, 0.15) is 5.82 Å². The van der Waals surface area contributed by atoms with Gasteiger partial charge in [-0.2, -0.15) is 5.10 Å². The van der Waals surface area contributed by atoms with Crippen molar-refractivity contribution in [3.8, 4) is 5.75 Å². The number of anilines is 2. The molecule has 3 N–H and O–H groups in total. The van der Waals surface area contributed by atoms with Crippen molar-refractivity contribution in [2.45, 2.75) is 25.7 Å². The normalized spacial score (nSPS) is 19.1. The topological polar surface area (TPSA) is 112 Å². The summed E-state index contributed by atoms with van der Waals surface area (Å²) in [5.41, 5.74) is 0.451. The van der Waals surface area contributed by atoms with Gasteiger partial charge in [0, 0.05) is 30.8 Å². The Morgan fingerprint density at radius 2 is 2.30 bits per heavy atom. The minimum atomic E-state index is -0.643. The molecule has 1 aromatic heterocycles. The number of amides is 3. The van der Waals surface area contributed by atoms with Crippen molar-refractivity contribution >= 4 is 23.3 Å². The van der Waals surface area contributed by atoms with Gasteiger partial charge in [0.25, 0.3) is 5.91 Å². The molecule has 0 spiro atoms. The quantitative estimate of drug-likeness (QED) is 0.744. The summed E-state index contributed by atoms with van der Waals surface area (Å²) in [6.07, 6.45) is 1.73. The van der Waals surface area contributed by atoms with Crippen LogP contribution in [-0.4, -0.2) is 51.7 Å². The Kier molecular flexibility index (Phi) is 4.38. The zero-order valence-corrected chi connectivity index (χ0v) is 14.7. The molecule has 0 saturated carbocycles. The maximum atomic E-state index is 14.2. The van der Waals surface area contributed by atoms with Crippen LogP contribution in [0.2, 0.25) is 0 Å². The monoisotopic (exact) mass is 374 g/mol. The Labute approximate surface area is 154 Å². The third-order valence-corrected chi connectivity index (χ3v) is 4.60. The second kappa shape index (κ2) is 6.86. The molecule has 10 heteroatoms. The van der Waals surface area contributed by atoms with Gasteiger partial charge in [0.05, 0.1) is 5.69 Å². The molecule has 2 aliphatic heterocycles. The van der Waals surface area contributed by atoms with Crippen LogP contribution in [0.15, 0.2) is 12.1 Å². The van der Waals surface area contributed by atoms with Crippen LogP contribution < -0.4 is 15.4 Å². The molecule has 0 unspecified atom stereocenters. The van der Waals surface area contributed by atoms with Crippen LogP contribution in [0.25, 0.3) is 0 Å². The number of aromatic nitrogens is 3. The lowest BCUT2D eigenvalue weighted by Gasteiger charge is -2.31. The number of hydrogen-bond donors (Lipinski definition) is 3. The van der Waals surface area contributed by atoms with Gasteiger partial charge in [0.15, 0.2) is 24.0 Å². The third-order valence-electron chi connectivity index (χ3n) is 4.60. The molecule has 2 aliphatic rings. The van der Waals surface area contributed by atoms with E-state index in [0.29, 0.717) is 18.9 Å². The Morgan fingerprint density at radius 1 is 1.44 bits per heavy atom. The summed E-state index contributed by atoms with van der Waals surface area (Å²) in [5.74, 6) is 0.458. The van der Waals surface area contributed by atoms with Crippen molar-refractivity contribution in [1.29, 1.82) is 0 Å². The first-order chi connectivity index (χ1) is 13.0. The molecular weight excluding hydrogens is 355 g/mol. The van der Waals surface area contributed by atoms with Crippen molar-refractivity contribution in [3.05, 3.63) is 29.6 Å². The van der Waals surface area contributed by atoms with Crippen LogP contribution in [0.5, 0.6) is 5.75 Å². The molecule has 1 aromatic carbocycles. The predicted molar refractivity (Wildman–Crippen MR) is 94.2 cm³/mol. The molecule has 3 amide bonds. The van der Waals surface area contributed by atoms with Crippen molar-refractivity contribution in [1.82, 2.24) is 20.1 Å². The van der Waals surface area contributed by atoms with E-state index in [9.17, 15) is 14.0 Å². The Morgan fingerprint density at radius 3 is 3.07 bits per heavy atom. The van der Waals surface area contributed by atoms with E-state index in [1.165, 1.54) is 12.1 Å². The number of rotatable bonds is 2. The first-order valence-electron chi connectivity index (χ1n) is 8.70. The van der Waals surface area contributed by atoms with Crippen LogP contribution in [0.3, 0.4) is 0 Å². The van der Waals surface area contributed by atoms with Gasteiger partial charge < -0.3 is 20.3 Å². The minimum Gasteiger partial charge on any atom is -0.478 e. The van der Waals surface area contributed by atoms with Crippen LogP contribution in [-0.2, 0) is 4.79 Å². The van der Waals surface area contributed by atoms with Gasteiger partial charge >= 0.3 is 6.03 Å². The number of fused-ring (bicyclic) bond motifs is 1. The second-order valence-electron chi connectivity index (χ2n) is 6.67. The summed E-state index contributed by atoms with van der Waals surface area (Å²) in [4.78, 5) is 30.0. The number of likely N-dealkylation sites (tertiary alicyclic amines) is 1. The van der Waals surface area contributed by atoms with E-state index in [2.05, 4.69) is 25.8 Å². The van der Waals surface area contributed by atoms with Crippen molar-refractivity contribution in [2.24, 2.45) is 0 Å². The molecule has 3 heterocycles. The average molecular weight is 374 g/mol. The van der Waals surface area contributed by atoms with Gasteiger partial charge in [-0.15, -0.1) is 0 Å². The smallest absolute Gasteiger partial charge is 0.321 e. The summed E-state index contributed by atoms with van der Waals surface area (Å²) >= 11 is 0. The highest BCUT2D eigenvalue weighted by Crippen LogP contribution is 2.34. The Balaban J connectivity index is 1.46. The first kappa shape index (κ1) is 17.3. The lowest BCUT2D eigenvalue weighted by molar-refractivity contribution is -0.118. The molecule has 9 nitrogen and oxygen atoms in total. The van der Waals surface area contributed by atoms with E-state index in [-0.39, 0.29) is 41.6 Å². The molecule has 1 atom stereocenters. The molecule has 2 aromatic rings. The van der Waals surface area contributed by atoms with E-state index < -0.39 is 5.82 Å². The van der Waals surface area contributed by atoms with Crippen LogP contribution in [0.1, 0.15) is 30.4 Å². The van der Waals surface area contributed by atoms with Gasteiger partial charge in [0.2, 0.25) is 0 Å². The molecule has 27 heavy (non-hydrogen) atoms. The maximum absolute atomic E-state index is 14.2. The number of piperidine rings is 1. The molecule has 1 fully saturated rings. The number of aromatic amines is 1. The summed E-state index contributed by atoms with van der Waals surface area (Å²) < 4.78 is 19.3. The largest absolute Gasteiger partial charge is 0.478 e. The number of halogens is 1. The fourth-order valence-electron chi connectivity index (χ4n) is 3.35. The first-order valence-corrected chi connectivity index (χ1v) is 8.70. The van der Waals surface area contributed by atoms with Gasteiger partial charge in [-0.1, -0.05) is 0 Å². The number of urea groups is 1. The van der Waals surface area contributed by atoms with E-state index in [1.54, 1.807) is 4.90 Å². The minimum absolute atomic E-state index is 0.0226. The Bertz CT molecular complexity index is 899. The SMILES string of the molecule is Cc1nc([C@@H]2CCCN(C(=O)Nc3cc(F)c4c(c3)NC(=O)CO4)C2)n[nH]1.